The van der Waals surface area contributed by atoms with Gasteiger partial charge in [-0.1, -0.05) is 107 Å². The number of hydrogen-bond acceptors (Lipinski definition) is 11. The Kier molecular flexibility index (Phi) is 11.3. The molecule has 0 bridgehead atoms. The molecule has 1 fully saturated rings. The first kappa shape index (κ1) is 36.2. The molecule has 1 aromatic heterocycles. The summed E-state index contributed by atoms with van der Waals surface area (Å²) in [6.45, 7) is -1.04. The minimum Gasteiger partial charge on any atom is -0.460 e. The van der Waals surface area contributed by atoms with Gasteiger partial charge in [-0.15, -0.1) is 0 Å². The highest BCUT2D eigenvalue weighted by atomic mass is 31.1. The summed E-state index contributed by atoms with van der Waals surface area (Å²) < 4.78 is 32.3. The average Bonchev–Trinajstić information content (AvgIpc) is 3.40. The van der Waals surface area contributed by atoms with Gasteiger partial charge in [0.25, 0.3) is 13.7 Å². The molecule has 6 atom stereocenters. The molecule has 2 unspecified atom stereocenters. The monoisotopic (exact) mass is 728 g/mol. The van der Waals surface area contributed by atoms with Crippen LogP contribution in [0, 0.1) is 0 Å². The number of nitrogens with one attached hydrogen (secondary N) is 1. The zero-order valence-electron chi connectivity index (χ0n) is 27.3. The summed E-state index contributed by atoms with van der Waals surface area (Å²) in [7, 11) is -3.73. The fourth-order valence-electron chi connectivity index (χ4n) is 5.69. The fourth-order valence-corrected chi connectivity index (χ4v) is 6.77. The number of hydrogen-bond donors (Lipinski definition) is 3. The Hall–Kier alpha value is -5.57. The Labute approximate surface area is 295 Å². The van der Waals surface area contributed by atoms with Crippen LogP contribution in [-0.2, 0) is 36.4 Å². The van der Waals surface area contributed by atoms with Gasteiger partial charge in [-0.05, 0) is 28.1 Å². The second-order valence-electron chi connectivity index (χ2n) is 11.7. The highest BCUT2D eigenvalue weighted by Gasteiger charge is 2.56. The lowest BCUT2D eigenvalue weighted by molar-refractivity contribution is -0.158. The number of azide groups is 1. The van der Waals surface area contributed by atoms with Gasteiger partial charge in [0.2, 0.25) is 5.72 Å². The van der Waals surface area contributed by atoms with E-state index in [0.29, 0.717) is 16.5 Å². The average molecular weight is 729 g/mol. The second kappa shape index (κ2) is 16.2. The van der Waals surface area contributed by atoms with E-state index in [2.05, 4.69) is 10.0 Å². The van der Waals surface area contributed by atoms with Crippen LogP contribution in [0.5, 0.6) is 5.75 Å². The predicted molar refractivity (Wildman–Crippen MR) is 187 cm³/mol. The fraction of sp³-hybridized carbons (Fsp3) is 0.229. The molecule has 5 aromatic rings. The third-order valence-corrected chi connectivity index (χ3v) is 9.48. The third kappa shape index (κ3) is 7.99. The SMILES string of the molecule is [N-]=[N+]=N[C@]1(CO[PH](=O)N(Oc2cccc3ccccc23)C(Cc2ccccc2)C(=O)OCc2ccccc2)O[C@@H](n2ccc(=O)[nH]c2=O)[C@H](O)[C@@H]1O. The number of hydroxylamine groups is 1. The lowest BCUT2D eigenvalue weighted by Gasteiger charge is -2.31. The number of aliphatic hydroxyl groups is 2. The summed E-state index contributed by atoms with van der Waals surface area (Å²) in [6.07, 6.45) is -4.56. The Morgan fingerprint density at radius 3 is 2.37 bits per heavy atom. The van der Waals surface area contributed by atoms with Crippen molar-refractivity contribution in [1.82, 2.24) is 14.4 Å². The topological polar surface area (TPSA) is 218 Å². The number of nitrogens with zero attached hydrogens (tertiary/aromatic N) is 5. The van der Waals surface area contributed by atoms with Crippen LogP contribution in [0.15, 0.2) is 130 Å². The molecule has 52 heavy (non-hydrogen) atoms. The number of aromatic amines is 1. The molecular weight excluding hydrogens is 695 g/mol. The van der Waals surface area contributed by atoms with Crippen LogP contribution in [0.2, 0.25) is 0 Å². The van der Waals surface area contributed by atoms with E-state index in [1.54, 1.807) is 78.9 Å². The number of rotatable bonds is 14. The molecule has 1 aliphatic rings. The minimum atomic E-state index is -3.73. The number of carbonyl (C=O) groups is 1. The van der Waals surface area contributed by atoms with Gasteiger partial charge in [0, 0.05) is 29.0 Å². The van der Waals surface area contributed by atoms with Crippen molar-refractivity contribution in [2.24, 2.45) is 5.11 Å². The number of ether oxygens (including phenoxy) is 2. The molecule has 2 heterocycles. The number of H-pyrrole nitrogens is 1. The number of esters is 1. The highest BCUT2D eigenvalue weighted by molar-refractivity contribution is 7.36. The van der Waals surface area contributed by atoms with E-state index < -0.39 is 62.2 Å². The molecular formula is C35H33N6O10P. The van der Waals surface area contributed by atoms with Crippen LogP contribution >= 0.6 is 8.18 Å². The Morgan fingerprint density at radius 1 is 0.981 bits per heavy atom. The summed E-state index contributed by atoms with van der Waals surface area (Å²) >= 11 is 0. The standard InChI is InChI=1S/C35H33N6O10P/c36-39-38-35(31(44)30(43)32(50-35)40-19-18-29(42)37-34(40)46)22-49-52(47)41(51-28-17-9-15-25-14-7-8-16-26(25)28)27(20-23-10-3-1-4-11-23)33(45)48-21-24-12-5-2-6-13-24/h1-19,27,30-32,43-44,52H,20-22H2,(H,37,42,46)/t27?,30-,31+,32-,35-/m1/s1. The van der Waals surface area contributed by atoms with Crippen molar-refractivity contribution in [3.05, 3.63) is 158 Å². The smallest absolute Gasteiger partial charge is 0.330 e. The molecule has 0 aliphatic carbocycles. The van der Waals surface area contributed by atoms with E-state index in [9.17, 15) is 34.7 Å². The summed E-state index contributed by atoms with van der Waals surface area (Å²) in [6, 6.07) is 29.9. The maximum atomic E-state index is 14.4. The maximum Gasteiger partial charge on any atom is 0.330 e. The van der Waals surface area contributed by atoms with Crippen molar-refractivity contribution in [2.75, 3.05) is 6.61 Å². The van der Waals surface area contributed by atoms with Crippen LogP contribution in [0.4, 0.5) is 0 Å². The Bertz CT molecular complexity index is 2210. The quantitative estimate of drug-likeness (QED) is 0.0371. The van der Waals surface area contributed by atoms with Crippen LogP contribution in [0.3, 0.4) is 0 Å². The van der Waals surface area contributed by atoms with Crippen LogP contribution in [-0.4, -0.2) is 61.1 Å². The third-order valence-electron chi connectivity index (χ3n) is 8.32. The predicted octanol–water partition coefficient (Wildman–Crippen LogP) is 4.00. The van der Waals surface area contributed by atoms with Crippen molar-refractivity contribution < 1.29 is 38.4 Å². The molecule has 6 rings (SSSR count). The number of carbonyl (C=O) groups excluding carboxylic acids is 1. The lowest BCUT2D eigenvalue weighted by Crippen LogP contribution is -2.46. The van der Waals surface area contributed by atoms with Crippen molar-refractivity contribution in [3.63, 3.8) is 0 Å². The van der Waals surface area contributed by atoms with Crippen LogP contribution in [0.25, 0.3) is 21.2 Å². The summed E-state index contributed by atoms with van der Waals surface area (Å²) in [5.74, 6) is -0.575. The number of aliphatic hydroxyl groups excluding tert-OH is 2. The molecule has 16 nitrogen and oxygen atoms in total. The summed E-state index contributed by atoms with van der Waals surface area (Å²) in [5, 5.41) is 26.9. The van der Waals surface area contributed by atoms with Gasteiger partial charge in [-0.3, -0.25) is 23.7 Å². The van der Waals surface area contributed by atoms with Gasteiger partial charge in [0.15, 0.2) is 18.0 Å². The molecule has 3 N–H and O–H groups in total. The van der Waals surface area contributed by atoms with E-state index in [1.807, 2.05) is 29.2 Å². The van der Waals surface area contributed by atoms with Gasteiger partial charge in [0.1, 0.15) is 18.8 Å². The van der Waals surface area contributed by atoms with Crippen molar-refractivity contribution in [2.45, 2.75) is 43.2 Å². The molecule has 0 saturated carbocycles. The Balaban J connectivity index is 1.35. The first-order valence-electron chi connectivity index (χ1n) is 16.0. The normalized spacial score (nSPS) is 20.9. The molecule has 0 spiro atoms. The molecule has 268 valence electrons. The van der Waals surface area contributed by atoms with Crippen molar-refractivity contribution in [3.8, 4) is 5.75 Å². The van der Waals surface area contributed by atoms with Crippen molar-refractivity contribution >= 4 is 24.9 Å². The van der Waals surface area contributed by atoms with E-state index in [0.717, 1.165) is 27.1 Å². The number of fused-ring (bicyclic) bond motifs is 1. The van der Waals surface area contributed by atoms with Crippen molar-refractivity contribution in [1.29, 1.82) is 0 Å². The molecule has 1 saturated heterocycles. The maximum absolute atomic E-state index is 14.4. The molecule has 17 heteroatoms. The van der Waals surface area contributed by atoms with Gasteiger partial charge in [-0.2, -0.15) is 0 Å². The van der Waals surface area contributed by atoms with E-state index >= 15 is 0 Å². The van der Waals surface area contributed by atoms with E-state index in [-0.39, 0.29) is 18.8 Å². The van der Waals surface area contributed by atoms with E-state index in [4.69, 9.17) is 18.8 Å². The van der Waals surface area contributed by atoms with Gasteiger partial charge in [0.05, 0.1) is 6.61 Å². The zero-order chi connectivity index (χ0) is 36.7. The van der Waals surface area contributed by atoms with Crippen LogP contribution < -0.4 is 16.1 Å². The van der Waals surface area contributed by atoms with Gasteiger partial charge >= 0.3 is 11.7 Å². The number of aromatic nitrogens is 2. The van der Waals surface area contributed by atoms with E-state index in [1.165, 1.54) is 0 Å². The zero-order valence-corrected chi connectivity index (χ0v) is 28.3. The second-order valence-corrected chi connectivity index (χ2v) is 13.0. The van der Waals surface area contributed by atoms with Gasteiger partial charge in [-0.25, -0.2) is 4.79 Å². The Morgan fingerprint density at radius 2 is 1.65 bits per heavy atom. The highest BCUT2D eigenvalue weighted by Crippen LogP contribution is 2.42. The molecule has 0 amide bonds. The minimum absolute atomic E-state index is 0.0461. The molecule has 1 aliphatic heterocycles. The number of benzene rings is 4. The first-order chi connectivity index (χ1) is 25.2. The largest absolute Gasteiger partial charge is 0.460 e. The first-order valence-corrected chi connectivity index (χ1v) is 17.2. The molecule has 0 radical (unpaired) electrons. The lowest BCUT2D eigenvalue weighted by atomic mass is 10.1. The molecule has 4 aromatic carbocycles. The summed E-state index contributed by atoms with van der Waals surface area (Å²) in [4.78, 5) is 50.0. The van der Waals surface area contributed by atoms with Crippen LogP contribution in [0.1, 0.15) is 17.4 Å². The van der Waals surface area contributed by atoms with Gasteiger partial charge < -0.3 is 29.0 Å². The summed E-state index contributed by atoms with van der Waals surface area (Å²) in [5.41, 5.74) is 6.68.